The summed E-state index contributed by atoms with van der Waals surface area (Å²) in [5.41, 5.74) is 1.61. The minimum absolute atomic E-state index is 0.0979. The largest absolute Gasteiger partial charge is 0.387 e. The van der Waals surface area contributed by atoms with E-state index in [9.17, 15) is 18.7 Å². The number of hydrogen-bond acceptors (Lipinski definition) is 3. The first-order valence-electron chi connectivity index (χ1n) is 7.07. The van der Waals surface area contributed by atoms with Crippen LogP contribution in [-0.2, 0) is 0 Å². The zero-order valence-electron chi connectivity index (χ0n) is 12.9. The predicted molar refractivity (Wildman–Crippen MR) is 84.4 cm³/mol. The van der Waals surface area contributed by atoms with Gasteiger partial charge in [0.1, 0.15) is 0 Å². The van der Waals surface area contributed by atoms with E-state index in [0.717, 1.165) is 17.8 Å². The predicted octanol–water partition coefficient (Wildman–Crippen LogP) is 2.49. The van der Waals surface area contributed by atoms with Gasteiger partial charge in [-0.2, -0.15) is 0 Å². The molecule has 2 N–H and O–H groups in total. The van der Waals surface area contributed by atoms with E-state index in [1.54, 1.807) is 24.3 Å². The number of aliphatic hydroxyl groups is 1. The number of anilines is 1. The topological polar surface area (TPSA) is 52.6 Å². The molecule has 0 aliphatic rings. The average Bonchev–Trinajstić information content (AvgIpc) is 2.54. The maximum Gasteiger partial charge on any atom is 0.251 e. The lowest BCUT2D eigenvalue weighted by Gasteiger charge is -2.14. The van der Waals surface area contributed by atoms with Crippen molar-refractivity contribution in [1.29, 1.82) is 0 Å². The van der Waals surface area contributed by atoms with Gasteiger partial charge < -0.3 is 15.3 Å². The lowest BCUT2D eigenvalue weighted by molar-refractivity contribution is 0.0916. The molecule has 0 aliphatic carbocycles. The Balaban J connectivity index is 1.96. The number of carbonyl (C=O) groups excluding carboxylic acids is 1. The lowest BCUT2D eigenvalue weighted by atomic mass is 10.1. The molecule has 23 heavy (non-hydrogen) atoms. The van der Waals surface area contributed by atoms with Crippen molar-refractivity contribution in [2.45, 2.75) is 6.10 Å². The molecule has 0 unspecified atom stereocenters. The second kappa shape index (κ2) is 7.19. The maximum absolute atomic E-state index is 13.1. The zero-order chi connectivity index (χ0) is 17.0. The molecule has 2 aromatic carbocycles. The Bertz CT molecular complexity index is 687. The Hall–Kier alpha value is -2.47. The number of carbonyl (C=O) groups is 1. The van der Waals surface area contributed by atoms with Gasteiger partial charge in [0.15, 0.2) is 11.6 Å². The molecule has 0 bridgehead atoms. The second-order valence-corrected chi connectivity index (χ2v) is 5.34. The molecule has 6 heteroatoms. The summed E-state index contributed by atoms with van der Waals surface area (Å²) in [4.78, 5) is 13.9. The smallest absolute Gasteiger partial charge is 0.251 e. The van der Waals surface area contributed by atoms with E-state index in [0.29, 0.717) is 5.56 Å². The number of nitrogens with one attached hydrogen (secondary N) is 1. The molecular weight excluding hydrogens is 302 g/mol. The molecule has 1 amide bonds. The number of aliphatic hydroxyl groups excluding tert-OH is 1. The number of hydrogen-bond donors (Lipinski definition) is 2. The van der Waals surface area contributed by atoms with Gasteiger partial charge in [-0.3, -0.25) is 4.79 Å². The summed E-state index contributed by atoms with van der Waals surface area (Å²) in [6, 6.07) is 10.1. The van der Waals surface area contributed by atoms with Gasteiger partial charge in [-0.05, 0) is 42.0 Å². The van der Waals surface area contributed by atoms with Gasteiger partial charge in [-0.1, -0.05) is 6.07 Å². The number of benzene rings is 2. The minimum Gasteiger partial charge on any atom is -0.387 e. The first kappa shape index (κ1) is 16.9. The van der Waals surface area contributed by atoms with E-state index in [1.165, 1.54) is 6.07 Å². The molecule has 0 heterocycles. The Labute approximate surface area is 133 Å². The van der Waals surface area contributed by atoms with Gasteiger partial charge in [-0.25, -0.2) is 8.78 Å². The van der Waals surface area contributed by atoms with Crippen molar-refractivity contribution in [1.82, 2.24) is 5.32 Å². The monoisotopic (exact) mass is 320 g/mol. The highest BCUT2D eigenvalue weighted by molar-refractivity contribution is 5.94. The maximum atomic E-state index is 13.1. The molecule has 2 rings (SSSR count). The molecule has 122 valence electrons. The summed E-state index contributed by atoms with van der Waals surface area (Å²) in [5, 5.41) is 12.5. The summed E-state index contributed by atoms with van der Waals surface area (Å²) in [7, 11) is 3.79. The number of halogens is 2. The van der Waals surface area contributed by atoms with Crippen molar-refractivity contribution >= 4 is 11.6 Å². The van der Waals surface area contributed by atoms with E-state index in [1.807, 2.05) is 19.0 Å². The molecular formula is C17H18F2N2O2. The zero-order valence-corrected chi connectivity index (χ0v) is 12.9. The van der Waals surface area contributed by atoms with E-state index in [4.69, 9.17) is 0 Å². The van der Waals surface area contributed by atoms with E-state index < -0.39 is 17.7 Å². The highest BCUT2D eigenvalue weighted by atomic mass is 19.2. The Morgan fingerprint density at radius 3 is 2.35 bits per heavy atom. The molecule has 0 radical (unpaired) electrons. The van der Waals surface area contributed by atoms with Crippen LogP contribution in [0.3, 0.4) is 0 Å². The molecule has 0 aromatic heterocycles. The standard InChI is InChI=1S/C17H18F2N2O2/c1-21(2)13-6-3-11(4-7-13)17(23)20-10-16(22)12-5-8-14(18)15(19)9-12/h3-9,16,22H,10H2,1-2H3,(H,20,23)/t16-/m0/s1. The van der Waals surface area contributed by atoms with Crippen molar-refractivity contribution < 1.29 is 18.7 Å². The van der Waals surface area contributed by atoms with Crippen LogP contribution in [0.15, 0.2) is 42.5 Å². The molecule has 0 fully saturated rings. The fourth-order valence-electron chi connectivity index (χ4n) is 2.04. The quantitative estimate of drug-likeness (QED) is 0.890. The molecule has 2 aromatic rings. The Kier molecular flexibility index (Phi) is 5.28. The minimum atomic E-state index is -1.12. The summed E-state index contributed by atoms with van der Waals surface area (Å²) in [6.45, 7) is -0.0979. The summed E-state index contributed by atoms with van der Waals surface area (Å²) in [6.07, 6.45) is -1.12. The molecule has 0 aliphatic heterocycles. The molecule has 0 spiro atoms. The molecule has 1 atom stereocenters. The van der Waals surface area contributed by atoms with Crippen molar-refractivity contribution in [3.8, 4) is 0 Å². The third-order valence-electron chi connectivity index (χ3n) is 3.43. The summed E-state index contributed by atoms with van der Waals surface area (Å²) in [5.74, 6) is -2.37. The third kappa shape index (κ3) is 4.26. The van der Waals surface area contributed by atoms with Crippen LogP contribution < -0.4 is 10.2 Å². The van der Waals surface area contributed by atoms with Crippen LogP contribution in [-0.4, -0.2) is 31.7 Å². The van der Waals surface area contributed by atoms with Crippen molar-refractivity contribution in [2.75, 3.05) is 25.5 Å². The fraction of sp³-hybridized carbons (Fsp3) is 0.235. The van der Waals surface area contributed by atoms with Crippen LogP contribution in [0.5, 0.6) is 0 Å². The van der Waals surface area contributed by atoms with Gasteiger partial charge in [-0.15, -0.1) is 0 Å². The first-order valence-corrected chi connectivity index (χ1v) is 7.07. The number of rotatable bonds is 5. The Morgan fingerprint density at radius 1 is 1.13 bits per heavy atom. The average molecular weight is 320 g/mol. The fourth-order valence-corrected chi connectivity index (χ4v) is 2.04. The molecule has 4 nitrogen and oxygen atoms in total. The van der Waals surface area contributed by atoms with Crippen LogP contribution in [0.2, 0.25) is 0 Å². The summed E-state index contributed by atoms with van der Waals surface area (Å²) < 4.78 is 26.0. The molecule has 0 saturated carbocycles. The van der Waals surface area contributed by atoms with Crippen LogP contribution in [0.4, 0.5) is 14.5 Å². The van der Waals surface area contributed by atoms with Gasteiger partial charge >= 0.3 is 0 Å². The molecule has 0 saturated heterocycles. The van der Waals surface area contributed by atoms with Crippen LogP contribution >= 0.6 is 0 Å². The van der Waals surface area contributed by atoms with Crippen molar-refractivity contribution in [2.24, 2.45) is 0 Å². The van der Waals surface area contributed by atoms with E-state index >= 15 is 0 Å². The van der Waals surface area contributed by atoms with Crippen molar-refractivity contribution in [3.63, 3.8) is 0 Å². The number of amides is 1. The summed E-state index contributed by atoms with van der Waals surface area (Å²) >= 11 is 0. The second-order valence-electron chi connectivity index (χ2n) is 5.34. The SMILES string of the molecule is CN(C)c1ccc(C(=O)NC[C@H](O)c2ccc(F)c(F)c2)cc1. The third-order valence-corrected chi connectivity index (χ3v) is 3.43. The van der Waals surface area contributed by atoms with Gasteiger partial charge in [0.2, 0.25) is 0 Å². The van der Waals surface area contributed by atoms with Gasteiger partial charge in [0.05, 0.1) is 6.10 Å². The highest BCUT2D eigenvalue weighted by Crippen LogP contribution is 2.16. The first-order chi connectivity index (χ1) is 10.9. The van der Waals surface area contributed by atoms with Crippen LogP contribution in [0.25, 0.3) is 0 Å². The number of nitrogens with zero attached hydrogens (tertiary/aromatic N) is 1. The van der Waals surface area contributed by atoms with Gasteiger partial charge in [0.25, 0.3) is 5.91 Å². The Morgan fingerprint density at radius 2 is 1.78 bits per heavy atom. The van der Waals surface area contributed by atoms with Crippen molar-refractivity contribution in [3.05, 3.63) is 65.2 Å². The van der Waals surface area contributed by atoms with Crippen LogP contribution in [0.1, 0.15) is 22.0 Å². The van der Waals surface area contributed by atoms with E-state index in [-0.39, 0.29) is 18.0 Å². The normalized spacial score (nSPS) is 11.9. The van der Waals surface area contributed by atoms with E-state index in [2.05, 4.69) is 5.32 Å². The van der Waals surface area contributed by atoms with Crippen LogP contribution in [0, 0.1) is 11.6 Å². The van der Waals surface area contributed by atoms with Gasteiger partial charge in [0, 0.05) is 31.9 Å². The highest BCUT2D eigenvalue weighted by Gasteiger charge is 2.13. The lowest BCUT2D eigenvalue weighted by Crippen LogP contribution is -2.28.